The summed E-state index contributed by atoms with van der Waals surface area (Å²) in [6, 6.07) is 3.73. The summed E-state index contributed by atoms with van der Waals surface area (Å²) in [6.07, 6.45) is 6.99. The summed E-state index contributed by atoms with van der Waals surface area (Å²) < 4.78 is 1.75. The third-order valence-electron chi connectivity index (χ3n) is 3.44. The lowest BCUT2D eigenvalue weighted by molar-refractivity contribution is 0.0693. The predicted octanol–water partition coefficient (Wildman–Crippen LogP) is 1.21. The van der Waals surface area contributed by atoms with E-state index in [0.717, 1.165) is 31.2 Å². The summed E-state index contributed by atoms with van der Waals surface area (Å²) >= 11 is 0. The summed E-state index contributed by atoms with van der Waals surface area (Å²) in [6.45, 7) is 0. The second kappa shape index (κ2) is 4.81. The molecule has 6 heteroatoms. The van der Waals surface area contributed by atoms with Crippen molar-refractivity contribution < 1.29 is 5.11 Å². The van der Waals surface area contributed by atoms with E-state index in [1.165, 1.54) is 0 Å². The standard InChI is InChI=1S/C12H15N5O/c18-11-4-2-1-3-10(11)17-12(14-15-16-17)9-5-7-13-8-6-9/h5-8,10-11,18H,1-4H2/t10-,11-/m0/s1. The molecule has 1 fully saturated rings. The van der Waals surface area contributed by atoms with E-state index in [4.69, 9.17) is 0 Å². The van der Waals surface area contributed by atoms with Gasteiger partial charge in [0.1, 0.15) is 0 Å². The van der Waals surface area contributed by atoms with Crippen molar-refractivity contribution in [3.63, 3.8) is 0 Å². The third kappa shape index (κ3) is 1.99. The number of aromatic nitrogens is 5. The Labute approximate surface area is 105 Å². The molecule has 2 atom stereocenters. The van der Waals surface area contributed by atoms with Gasteiger partial charge in [0, 0.05) is 18.0 Å². The Morgan fingerprint density at radius 3 is 2.72 bits per heavy atom. The second-order valence-electron chi connectivity index (χ2n) is 4.60. The monoisotopic (exact) mass is 245 g/mol. The number of hydrogen-bond donors (Lipinski definition) is 1. The summed E-state index contributed by atoms with van der Waals surface area (Å²) in [5, 5.41) is 21.9. The lowest BCUT2D eigenvalue weighted by Crippen LogP contribution is -2.28. The number of aliphatic hydroxyl groups is 1. The van der Waals surface area contributed by atoms with Crippen LogP contribution in [0.15, 0.2) is 24.5 Å². The predicted molar refractivity (Wildman–Crippen MR) is 64.6 cm³/mol. The van der Waals surface area contributed by atoms with Crippen LogP contribution in [0.1, 0.15) is 31.7 Å². The summed E-state index contributed by atoms with van der Waals surface area (Å²) in [5.41, 5.74) is 0.924. The molecule has 0 spiro atoms. The van der Waals surface area contributed by atoms with Gasteiger partial charge in [-0.25, -0.2) is 4.68 Å². The van der Waals surface area contributed by atoms with Crippen molar-refractivity contribution in [2.45, 2.75) is 37.8 Å². The molecule has 94 valence electrons. The summed E-state index contributed by atoms with van der Waals surface area (Å²) in [4.78, 5) is 3.99. The van der Waals surface area contributed by atoms with Gasteiger partial charge in [-0.1, -0.05) is 12.8 Å². The Hall–Kier alpha value is -1.82. The van der Waals surface area contributed by atoms with Gasteiger partial charge in [-0.2, -0.15) is 0 Å². The van der Waals surface area contributed by atoms with Crippen LogP contribution in [-0.2, 0) is 0 Å². The van der Waals surface area contributed by atoms with Crippen LogP contribution in [0.4, 0.5) is 0 Å². The number of pyridine rings is 1. The zero-order chi connectivity index (χ0) is 12.4. The largest absolute Gasteiger partial charge is 0.391 e. The first-order valence-electron chi connectivity index (χ1n) is 6.22. The number of rotatable bonds is 2. The number of hydrogen-bond acceptors (Lipinski definition) is 5. The normalized spacial score (nSPS) is 24.1. The fourth-order valence-corrected chi connectivity index (χ4v) is 2.49. The van der Waals surface area contributed by atoms with Crippen molar-refractivity contribution in [3.8, 4) is 11.4 Å². The molecule has 1 aliphatic carbocycles. The molecule has 1 aliphatic rings. The third-order valence-corrected chi connectivity index (χ3v) is 3.44. The highest BCUT2D eigenvalue weighted by atomic mass is 16.3. The molecule has 0 saturated heterocycles. The minimum absolute atomic E-state index is 0.0167. The average Bonchev–Trinajstić information content (AvgIpc) is 2.89. The van der Waals surface area contributed by atoms with Crippen LogP contribution < -0.4 is 0 Å². The van der Waals surface area contributed by atoms with Gasteiger partial charge in [-0.3, -0.25) is 4.98 Å². The SMILES string of the molecule is O[C@H]1CCCC[C@@H]1n1nnnc1-c1ccncc1. The molecule has 0 aliphatic heterocycles. The molecule has 3 rings (SSSR count). The van der Waals surface area contributed by atoms with E-state index in [1.807, 2.05) is 12.1 Å². The maximum absolute atomic E-state index is 10.1. The van der Waals surface area contributed by atoms with Crippen molar-refractivity contribution in [2.24, 2.45) is 0 Å². The molecule has 0 radical (unpaired) electrons. The van der Waals surface area contributed by atoms with E-state index in [2.05, 4.69) is 20.5 Å². The second-order valence-corrected chi connectivity index (χ2v) is 4.60. The van der Waals surface area contributed by atoms with Crippen LogP contribution in [0.25, 0.3) is 11.4 Å². The van der Waals surface area contributed by atoms with E-state index in [9.17, 15) is 5.11 Å². The van der Waals surface area contributed by atoms with Gasteiger partial charge >= 0.3 is 0 Å². The van der Waals surface area contributed by atoms with Crippen molar-refractivity contribution >= 4 is 0 Å². The zero-order valence-corrected chi connectivity index (χ0v) is 9.98. The van der Waals surface area contributed by atoms with Gasteiger partial charge in [0.25, 0.3) is 0 Å². The quantitative estimate of drug-likeness (QED) is 0.860. The number of aliphatic hydroxyl groups excluding tert-OH is 1. The number of nitrogens with zero attached hydrogens (tertiary/aromatic N) is 5. The van der Waals surface area contributed by atoms with Crippen LogP contribution in [-0.4, -0.2) is 36.4 Å². The average molecular weight is 245 g/mol. The van der Waals surface area contributed by atoms with Crippen LogP contribution in [0, 0.1) is 0 Å². The van der Waals surface area contributed by atoms with Crippen LogP contribution in [0.3, 0.4) is 0 Å². The molecule has 2 heterocycles. The van der Waals surface area contributed by atoms with E-state index >= 15 is 0 Å². The first-order chi connectivity index (χ1) is 8.86. The fraction of sp³-hybridized carbons (Fsp3) is 0.500. The summed E-state index contributed by atoms with van der Waals surface area (Å²) in [7, 11) is 0. The van der Waals surface area contributed by atoms with Gasteiger partial charge in [0.15, 0.2) is 5.82 Å². The lowest BCUT2D eigenvalue weighted by Gasteiger charge is -2.27. The molecule has 1 N–H and O–H groups in total. The van der Waals surface area contributed by atoms with Crippen LogP contribution >= 0.6 is 0 Å². The van der Waals surface area contributed by atoms with Gasteiger partial charge < -0.3 is 5.11 Å². The minimum atomic E-state index is -0.358. The molecule has 2 aromatic heterocycles. The molecule has 0 aromatic carbocycles. The highest BCUT2D eigenvalue weighted by molar-refractivity contribution is 5.53. The Morgan fingerprint density at radius 1 is 1.17 bits per heavy atom. The topological polar surface area (TPSA) is 76.7 Å². The molecular formula is C12H15N5O. The fourth-order valence-electron chi connectivity index (χ4n) is 2.49. The van der Waals surface area contributed by atoms with Crippen LogP contribution in [0.2, 0.25) is 0 Å². The van der Waals surface area contributed by atoms with Crippen molar-refractivity contribution in [2.75, 3.05) is 0 Å². The Bertz CT molecular complexity index is 512. The molecule has 0 bridgehead atoms. The Balaban J connectivity index is 1.96. The zero-order valence-electron chi connectivity index (χ0n) is 9.98. The molecule has 0 amide bonds. The maximum Gasteiger partial charge on any atom is 0.182 e. The van der Waals surface area contributed by atoms with Crippen molar-refractivity contribution in [1.82, 2.24) is 25.2 Å². The highest BCUT2D eigenvalue weighted by Crippen LogP contribution is 2.30. The molecule has 2 aromatic rings. The van der Waals surface area contributed by atoms with Crippen LogP contribution in [0.5, 0.6) is 0 Å². The van der Waals surface area contributed by atoms with E-state index in [0.29, 0.717) is 5.82 Å². The molecule has 1 saturated carbocycles. The first-order valence-corrected chi connectivity index (χ1v) is 6.22. The van der Waals surface area contributed by atoms with Gasteiger partial charge in [-0.05, 0) is 35.4 Å². The Kier molecular flexibility index (Phi) is 3.02. The molecule has 18 heavy (non-hydrogen) atoms. The lowest BCUT2D eigenvalue weighted by atomic mass is 9.92. The van der Waals surface area contributed by atoms with E-state index < -0.39 is 0 Å². The van der Waals surface area contributed by atoms with Crippen molar-refractivity contribution in [3.05, 3.63) is 24.5 Å². The van der Waals surface area contributed by atoms with Crippen molar-refractivity contribution in [1.29, 1.82) is 0 Å². The van der Waals surface area contributed by atoms with Gasteiger partial charge in [-0.15, -0.1) is 5.10 Å². The summed E-state index contributed by atoms with van der Waals surface area (Å²) in [5.74, 6) is 0.698. The first kappa shape index (κ1) is 11.3. The van der Waals surface area contributed by atoms with E-state index in [1.54, 1.807) is 17.1 Å². The molecule has 6 nitrogen and oxygen atoms in total. The minimum Gasteiger partial charge on any atom is -0.391 e. The maximum atomic E-state index is 10.1. The van der Waals surface area contributed by atoms with Gasteiger partial charge in [0.05, 0.1) is 12.1 Å². The Morgan fingerprint density at radius 2 is 1.94 bits per heavy atom. The van der Waals surface area contributed by atoms with E-state index in [-0.39, 0.29) is 12.1 Å². The van der Waals surface area contributed by atoms with Gasteiger partial charge in [0.2, 0.25) is 0 Å². The number of tetrazole rings is 1. The highest BCUT2D eigenvalue weighted by Gasteiger charge is 2.28. The smallest absolute Gasteiger partial charge is 0.182 e. The molecular weight excluding hydrogens is 230 g/mol. The molecule has 0 unspecified atom stereocenters.